The van der Waals surface area contributed by atoms with E-state index < -0.39 is 11.7 Å². The zero-order valence-corrected chi connectivity index (χ0v) is 11.6. The molecule has 1 aromatic carbocycles. The summed E-state index contributed by atoms with van der Waals surface area (Å²) in [5, 5.41) is 0. The van der Waals surface area contributed by atoms with Crippen LogP contribution in [0.4, 0.5) is 13.2 Å². The number of hydrogen-bond acceptors (Lipinski definition) is 1. The Morgan fingerprint density at radius 2 is 1.75 bits per heavy atom. The van der Waals surface area contributed by atoms with Gasteiger partial charge in [-0.2, -0.15) is 13.2 Å². The summed E-state index contributed by atoms with van der Waals surface area (Å²) in [6.07, 6.45) is 3.81. The van der Waals surface area contributed by atoms with E-state index in [0.717, 1.165) is 25.3 Å². The van der Waals surface area contributed by atoms with Crippen molar-refractivity contribution >= 4 is 0 Å². The Labute approximate surface area is 118 Å². The summed E-state index contributed by atoms with van der Waals surface area (Å²) in [5.41, 5.74) is 6.12. The Bertz CT molecular complexity index is 420. The smallest absolute Gasteiger partial charge is 0.324 e. The third-order valence-corrected chi connectivity index (χ3v) is 4.20. The molecule has 20 heavy (non-hydrogen) atoms. The molecule has 1 saturated carbocycles. The molecule has 0 saturated heterocycles. The van der Waals surface area contributed by atoms with E-state index in [4.69, 9.17) is 5.73 Å². The molecule has 0 bridgehead atoms. The van der Waals surface area contributed by atoms with Crippen molar-refractivity contribution in [1.29, 1.82) is 0 Å². The van der Waals surface area contributed by atoms with Gasteiger partial charge in [0.05, 0.1) is 5.56 Å². The second-order valence-electron chi connectivity index (χ2n) is 5.82. The zero-order chi connectivity index (χ0) is 14.6. The van der Waals surface area contributed by atoms with Gasteiger partial charge in [0.15, 0.2) is 0 Å². The van der Waals surface area contributed by atoms with Crippen molar-refractivity contribution in [2.45, 2.75) is 57.2 Å². The molecule has 1 nitrogen and oxygen atoms in total. The molecule has 0 radical (unpaired) electrons. The average molecular weight is 285 g/mol. The molecule has 2 N–H and O–H groups in total. The van der Waals surface area contributed by atoms with Crippen molar-refractivity contribution in [3.8, 4) is 0 Å². The fourth-order valence-corrected chi connectivity index (χ4v) is 3.04. The lowest BCUT2D eigenvalue weighted by atomic mass is 9.89. The van der Waals surface area contributed by atoms with Crippen LogP contribution < -0.4 is 5.73 Å². The van der Waals surface area contributed by atoms with Crippen LogP contribution in [-0.4, -0.2) is 0 Å². The molecule has 1 fully saturated rings. The third kappa shape index (κ3) is 4.23. The SMILES string of the molecule is NC(CC1CCCCCC1)c1cccc(C(F)(F)F)c1. The molecule has 0 aliphatic heterocycles. The summed E-state index contributed by atoms with van der Waals surface area (Å²) in [4.78, 5) is 0. The lowest BCUT2D eigenvalue weighted by Gasteiger charge is -2.20. The van der Waals surface area contributed by atoms with Gasteiger partial charge in [0, 0.05) is 6.04 Å². The van der Waals surface area contributed by atoms with Crippen LogP contribution in [0.2, 0.25) is 0 Å². The van der Waals surface area contributed by atoms with Crippen LogP contribution in [0.1, 0.15) is 62.1 Å². The minimum Gasteiger partial charge on any atom is -0.324 e. The van der Waals surface area contributed by atoms with Gasteiger partial charge in [-0.25, -0.2) is 0 Å². The molecule has 1 aliphatic carbocycles. The van der Waals surface area contributed by atoms with Crippen molar-refractivity contribution in [1.82, 2.24) is 0 Å². The van der Waals surface area contributed by atoms with Crippen LogP contribution in [0.25, 0.3) is 0 Å². The van der Waals surface area contributed by atoms with E-state index in [0.29, 0.717) is 11.5 Å². The molecule has 0 spiro atoms. The van der Waals surface area contributed by atoms with E-state index in [2.05, 4.69) is 0 Å². The van der Waals surface area contributed by atoms with Crippen LogP contribution in [-0.2, 0) is 6.18 Å². The maximum Gasteiger partial charge on any atom is 0.416 e. The first-order valence-electron chi connectivity index (χ1n) is 7.39. The van der Waals surface area contributed by atoms with Crippen molar-refractivity contribution in [3.05, 3.63) is 35.4 Å². The predicted octanol–water partition coefficient (Wildman–Crippen LogP) is 5.07. The topological polar surface area (TPSA) is 26.0 Å². The second kappa shape index (κ2) is 6.61. The molecule has 1 aliphatic rings. The molecule has 0 aromatic heterocycles. The molecular formula is C16H22F3N. The second-order valence-corrected chi connectivity index (χ2v) is 5.82. The van der Waals surface area contributed by atoms with Gasteiger partial charge in [0.1, 0.15) is 0 Å². The summed E-state index contributed by atoms with van der Waals surface area (Å²) in [6.45, 7) is 0. The van der Waals surface area contributed by atoms with Crippen LogP contribution in [0.15, 0.2) is 24.3 Å². The Hall–Kier alpha value is -1.03. The van der Waals surface area contributed by atoms with Gasteiger partial charge in [-0.15, -0.1) is 0 Å². The number of halogens is 3. The standard InChI is InChI=1S/C16H22F3N/c17-16(18,19)14-9-5-8-13(11-14)15(20)10-12-6-3-1-2-4-7-12/h5,8-9,11-12,15H,1-4,6-7,10,20H2. The molecule has 1 unspecified atom stereocenters. The first kappa shape index (κ1) is 15.4. The monoisotopic (exact) mass is 285 g/mol. The van der Waals surface area contributed by atoms with E-state index in [-0.39, 0.29) is 6.04 Å². The first-order valence-corrected chi connectivity index (χ1v) is 7.39. The van der Waals surface area contributed by atoms with E-state index in [1.54, 1.807) is 6.07 Å². The molecule has 2 rings (SSSR count). The van der Waals surface area contributed by atoms with Gasteiger partial charge in [-0.3, -0.25) is 0 Å². The van der Waals surface area contributed by atoms with Crippen LogP contribution in [0.3, 0.4) is 0 Å². The highest BCUT2D eigenvalue weighted by Crippen LogP contribution is 2.33. The van der Waals surface area contributed by atoms with Crippen LogP contribution in [0.5, 0.6) is 0 Å². The molecule has 1 atom stereocenters. The molecule has 4 heteroatoms. The van der Waals surface area contributed by atoms with Gasteiger partial charge in [-0.1, -0.05) is 50.7 Å². The van der Waals surface area contributed by atoms with Crippen molar-refractivity contribution in [3.63, 3.8) is 0 Å². The number of rotatable bonds is 3. The Morgan fingerprint density at radius 1 is 1.10 bits per heavy atom. The molecule has 0 heterocycles. The van der Waals surface area contributed by atoms with Crippen molar-refractivity contribution in [2.75, 3.05) is 0 Å². The van der Waals surface area contributed by atoms with Crippen molar-refractivity contribution < 1.29 is 13.2 Å². The predicted molar refractivity (Wildman–Crippen MR) is 74.2 cm³/mol. The van der Waals surface area contributed by atoms with E-state index >= 15 is 0 Å². The number of nitrogens with two attached hydrogens (primary N) is 1. The minimum atomic E-state index is -4.29. The van der Waals surface area contributed by atoms with Gasteiger partial charge >= 0.3 is 6.18 Å². The largest absolute Gasteiger partial charge is 0.416 e. The number of benzene rings is 1. The first-order chi connectivity index (χ1) is 9.47. The van der Waals surface area contributed by atoms with Gasteiger partial charge in [0.2, 0.25) is 0 Å². The lowest BCUT2D eigenvalue weighted by Crippen LogP contribution is -2.16. The fourth-order valence-electron chi connectivity index (χ4n) is 3.04. The van der Waals surface area contributed by atoms with E-state index in [1.807, 2.05) is 0 Å². The number of alkyl halides is 3. The lowest BCUT2D eigenvalue weighted by molar-refractivity contribution is -0.137. The zero-order valence-electron chi connectivity index (χ0n) is 11.6. The van der Waals surface area contributed by atoms with Crippen molar-refractivity contribution in [2.24, 2.45) is 11.7 Å². The highest BCUT2D eigenvalue weighted by atomic mass is 19.4. The fraction of sp³-hybridized carbons (Fsp3) is 0.625. The quantitative estimate of drug-likeness (QED) is 0.771. The summed E-state index contributed by atoms with van der Waals surface area (Å²) >= 11 is 0. The van der Waals surface area contributed by atoms with E-state index in [1.165, 1.54) is 37.8 Å². The molecule has 0 amide bonds. The maximum absolute atomic E-state index is 12.7. The Morgan fingerprint density at radius 3 is 2.35 bits per heavy atom. The van der Waals surface area contributed by atoms with Crippen LogP contribution in [0, 0.1) is 5.92 Å². The summed E-state index contributed by atoms with van der Waals surface area (Å²) in [7, 11) is 0. The summed E-state index contributed by atoms with van der Waals surface area (Å²) < 4.78 is 38.1. The average Bonchev–Trinajstić information content (AvgIpc) is 2.66. The highest BCUT2D eigenvalue weighted by molar-refractivity contribution is 5.27. The van der Waals surface area contributed by atoms with Gasteiger partial charge in [0.25, 0.3) is 0 Å². The molecule has 112 valence electrons. The maximum atomic E-state index is 12.7. The van der Waals surface area contributed by atoms with Gasteiger partial charge < -0.3 is 5.73 Å². The summed E-state index contributed by atoms with van der Waals surface area (Å²) in [6, 6.07) is 5.16. The van der Waals surface area contributed by atoms with Gasteiger partial charge in [-0.05, 0) is 30.0 Å². The molecular weight excluding hydrogens is 263 g/mol. The number of hydrogen-bond donors (Lipinski definition) is 1. The van der Waals surface area contributed by atoms with E-state index in [9.17, 15) is 13.2 Å². The normalized spacial score (nSPS) is 19.6. The Kier molecular flexibility index (Phi) is 5.08. The molecule has 1 aromatic rings. The summed E-state index contributed by atoms with van der Waals surface area (Å²) in [5.74, 6) is 0.557. The Balaban J connectivity index is 2.03. The third-order valence-electron chi connectivity index (χ3n) is 4.20. The van der Waals surface area contributed by atoms with Crippen LogP contribution >= 0.6 is 0 Å². The minimum absolute atomic E-state index is 0.291. The highest BCUT2D eigenvalue weighted by Gasteiger charge is 2.30.